The molecule has 0 bridgehead atoms. The maximum absolute atomic E-state index is 12.8. The van der Waals surface area contributed by atoms with Crippen LogP contribution in [0, 0.1) is 6.92 Å². The van der Waals surface area contributed by atoms with Crippen LogP contribution in [-0.4, -0.2) is 29.4 Å². The summed E-state index contributed by atoms with van der Waals surface area (Å²) >= 11 is 1.51. The second kappa shape index (κ2) is 12.0. The lowest BCUT2D eigenvalue weighted by atomic mass is 10.1. The van der Waals surface area contributed by atoms with Crippen LogP contribution in [0.25, 0.3) is 0 Å². The first-order valence-corrected chi connectivity index (χ1v) is 12.2. The van der Waals surface area contributed by atoms with Crippen molar-refractivity contribution in [1.82, 2.24) is 0 Å². The average Bonchev–Trinajstić information content (AvgIpc) is 2.83. The number of hydrogen-bond donors (Lipinski definition) is 1. The average molecular weight is 505 g/mol. The van der Waals surface area contributed by atoms with E-state index < -0.39 is 17.8 Å². The summed E-state index contributed by atoms with van der Waals surface area (Å²) in [5, 5.41) is 9.74. The molecule has 0 aliphatic rings. The van der Waals surface area contributed by atoms with Crippen molar-refractivity contribution in [3.8, 4) is 17.2 Å². The molecule has 0 aromatic heterocycles. The Morgan fingerprint density at radius 1 is 1.00 bits per heavy atom. The Bertz CT molecular complexity index is 1110. The van der Waals surface area contributed by atoms with Gasteiger partial charge in [-0.1, -0.05) is 6.92 Å². The predicted octanol–water partition coefficient (Wildman–Crippen LogP) is 7.32. The van der Waals surface area contributed by atoms with Gasteiger partial charge < -0.3 is 14.6 Å². The summed E-state index contributed by atoms with van der Waals surface area (Å²) in [6.45, 7) is 3.86. The van der Waals surface area contributed by atoms with Crippen molar-refractivity contribution in [1.29, 1.82) is 0 Å². The summed E-state index contributed by atoms with van der Waals surface area (Å²) in [5.74, 6) is 1.63. The summed E-state index contributed by atoms with van der Waals surface area (Å²) in [7, 11) is 0. The highest BCUT2D eigenvalue weighted by atomic mass is 32.2. The Kier molecular flexibility index (Phi) is 9.09. The van der Waals surface area contributed by atoms with Crippen molar-refractivity contribution in [2.24, 2.45) is 0 Å². The lowest BCUT2D eigenvalue weighted by molar-refractivity contribution is -0.137. The van der Waals surface area contributed by atoms with E-state index in [-0.39, 0.29) is 18.1 Å². The number of hydrogen-bond acceptors (Lipinski definition) is 5. The summed E-state index contributed by atoms with van der Waals surface area (Å²) in [6.07, 6.45) is -3.59. The van der Waals surface area contributed by atoms with Gasteiger partial charge >= 0.3 is 6.18 Å². The van der Waals surface area contributed by atoms with Gasteiger partial charge in [0.05, 0.1) is 5.56 Å². The highest BCUT2D eigenvalue weighted by Gasteiger charge is 2.30. The largest absolute Gasteiger partial charge is 0.508 e. The Hall–Kier alpha value is -3.13. The third-order valence-electron chi connectivity index (χ3n) is 5.18. The molecular formula is C27H27F3O4S. The van der Waals surface area contributed by atoms with Crippen LogP contribution in [0.4, 0.5) is 13.2 Å². The number of carbonyl (C=O) groups is 1. The number of halogens is 3. The minimum absolute atomic E-state index is 0.0690. The third-order valence-corrected chi connectivity index (χ3v) is 6.30. The lowest BCUT2D eigenvalue weighted by Gasteiger charge is -2.20. The van der Waals surface area contributed by atoms with Crippen LogP contribution < -0.4 is 9.47 Å². The second-order valence-corrected chi connectivity index (χ2v) is 9.12. The molecule has 0 spiro atoms. The molecule has 3 rings (SSSR count). The smallest absolute Gasteiger partial charge is 0.416 e. The fraction of sp³-hybridized carbons (Fsp3) is 0.296. The van der Waals surface area contributed by atoms with E-state index in [4.69, 9.17) is 9.47 Å². The molecule has 0 aliphatic carbocycles. The minimum atomic E-state index is -4.41. The topological polar surface area (TPSA) is 55.8 Å². The van der Waals surface area contributed by atoms with Gasteiger partial charge in [-0.15, -0.1) is 11.8 Å². The van der Waals surface area contributed by atoms with Gasteiger partial charge in [0, 0.05) is 22.6 Å². The first-order chi connectivity index (χ1) is 16.7. The van der Waals surface area contributed by atoms with E-state index in [2.05, 4.69) is 0 Å². The molecule has 0 fully saturated rings. The normalized spacial score (nSPS) is 12.3. The van der Waals surface area contributed by atoms with Crippen LogP contribution in [-0.2, 0) is 6.18 Å². The van der Waals surface area contributed by atoms with Gasteiger partial charge in [-0.25, -0.2) is 0 Å². The number of ether oxygens (including phenoxy) is 2. The van der Waals surface area contributed by atoms with Crippen LogP contribution >= 0.6 is 11.8 Å². The molecule has 35 heavy (non-hydrogen) atoms. The standard InChI is InChI=1S/C27H27F3O4S/c1-3-4-26(32)19-5-9-22(10-6-19)34-23(17-35-24-13-14-25(31)18(2)15-24)16-33-21-11-7-20(8-12-21)27(28,29)30/h5-15,23,31H,3-4,16-17H2,1-2H3. The third kappa shape index (κ3) is 7.96. The van der Waals surface area contributed by atoms with Crippen LogP contribution in [0.1, 0.15) is 41.3 Å². The van der Waals surface area contributed by atoms with Gasteiger partial charge in [-0.2, -0.15) is 13.2 Å². The first kappa shape index (κ1) is 26.5. The fourth-order valence-corrected chi connectivity index (χ4v) is 4.20. The number of phenolic OH excluding ortho intramolecular Hbond substituents is 1. The van der Waals surface area contributed by atoms with Gasteiger partial charge in [0.1, 0.15) is 30.0 Å². The molecule has 1 atom stereocenters. The molecule has 3 aromatic carbocycles. The molecule has 0 saturated heterocycles. The predicted molar refractivity (Wildman–Crippen MR) is 131 cm³/mol. The van der Waals surface area contributed by atoms with Gasteiger partial charge in [0.25, 0.3) is 0 Å². The van der Waals surface area contributed by atoms with E-state index in [1.54, 1.807) is 36.4 Å². The van der Waals surface area contributed by atoms with Crippen molar-refractivity contribution >= 4 is 17.5 Å². The van der Waals surface area contributed by atoms with E-state index in [0.717, 1.165) is 29.0 Å². The monoisotopic (exact) mass is 504 g/mol. The van der Waals surface area contributed by atoms with Crippen molar-refractivity contribution in [3.05, 3.63) is 83.4 Å². The molecule has 186 valence electrons. The van der Waals surface area contributed by atoms with Gasteiger partial charge in [-0.05, 0) is 85.6 Å². The molecule has 0 amide bonds. The van der Waals surface area contributed by atoms with Gasteiger partial charge in [0.15, 0.2) is 5.78 Å². The zero-order valence-corrected chi connectivity index (χ0v) is 20.3. The zero-order valence-electron chi connectivity index (χ0n) is 19.5. The fourth-order valence-electron chi connectivity index (χ4n) is 3.24. The van der Waals surface area contributed by atoms with E-state index >= 15 is 0 Å². The van der Waals surface area contributed by atoms with Crippen LogP contribution in [0.3, 0.4) is 0 Å². The molecule has 3 aromatic rings. The number of thioether (sulfide) groups is 1. The highest BCUT2D eigenvalue weighted by molar-refractivity contribution is 7.99. The van der Waals surface area contributed by atoms with Crippen molar-refractivity contribution in [2.75, 3.05) is 12.4 Å². The molecule has 0 saturated carbocycles. The van der Waals surface area contributed by atoms with Gasteiger partial charge in [0.2, 0.25) is 0 Å². The highest BCUT2D eigenvalue weighted by Crippen LogP contribution is 2.31. The maximum atomic E-state index is 12.8. The molecule has 4 nitrogen and oxygen atoms in total. The number of aryl methyl sites for hydroxylation is 1. The van der Waals surface area contributed by atoms with Crippen LogP contribution in [0.15, 0.2) is 71.6 Å². The Balaban J connectivity index is 1.69. The lowest BCUT2D eigenvalue weighted by Crippen LogP contribution is -2.27. The van der Waals surface area contributed by atoms with Crippen molar-refractivity contribution in [2.45, 2.75) is 43.9 Å². The Morgan fingerprint density at radius 2 is 1.66 bits per heavy atom. The van der Waals surface area contributed by atoms with E-state index in [1.807, 2.05) is 19.9 Å². The Morgan fingerprint density at radius 3 is 2.26 bits per heavy atom. The molecule has 0 heterocycles. The zero-order chi connectivity index (χ0) is 25.4. The molecule has 8 heteroatoms. The Labute approximate surface area is 207 Å². The number of rotatable bonds is 11. The quantitative estimate of drug-likeness (QED) is 0.219. The molecule has 0 aliphatic heterocycles. The van der Waals surface area contributed by atoms with Crippen LogP contribution in [0.2, 0.25) is 0 Å². The number of phenols is 1. The molecule has 1 N–H and O–H groups in total. The minimum Gasteiger partial charge on any atom is -0.508 e. The summed E-state index contributed by atoms with van der Waals surface area (Å²) < 4.78 is 50.3. The number of Topliss-reactive ketones (excluding diaryl/α,β-unsaturated/α-hetero) is 1. The number of benzene rings is 3. The first-order valence-electron chi connectivity index (χ1n) is 11.2. The number of carbonyl (C=O) groups excluding carboxylic acids is 1. The summed E-state index contributed by atoms with van der Waals surface area (Å²) in [5.41, 5.74) is 0.625. The summed E-state index contributed by atoms with van der Waals surface area (Å²) in [4.78, 5) is 13.0. The van der Waals surface area contributed by atoms with E-state index in [1.165, 1.54) is 23.9 Å². The molecular weight excluding hydrogens is 477 g/mol. The number of aromatic hydroxyl groups is 1. The maximum Gasteiger partial charge on any atom is 0.416 e. The van der Waals surface area contributed by atoms with E-state index in [0.29, 0.717) is 29.2 Å². The second-order valence-electron chi connectivity index (χ2n) is 8.03. The van der Waals surface area contributed by atoms with Crippen molar-refractivity contribution in [3.63, 3.8) is 0 Å². The van der Waals surface area contributed by atoms with Crippen molar-refractivity contribution < 1.29 is 32.5 Å². The molecule has 1 unspecified atom stereocenters. The number of alkyl halides is 3. The number of ketones is 1. The van der Waals surface area contributed by atoms with E-state index in [9.17, 15) is 23.1 Å². The summed E-state index contributed by atoms with van der Waals surface area (Å²) in [6, 6.07) is 16.7. The SMILES string of the molecule is CCCC(=O)c1ccc(OC(COc2ccc(C(F)(F)F)cc2)CSc2ccc(O)c(C)c2)cc1. The molecule has 0 radical (unpaired) electrons. The van der Waals surface area contributed by atoms with Crippen LogP contribution in [0.5, 0.6) is 17.2 Å². The van der Waals surface area contributed by atoms with Gasteiger partial charge in [-0.3, -0.25) is 4.79 Å².